The highest BCUT2D eigenvalue weighted by Gasteiger charge is 2.15. The van der Waals surface area contributed by atoms with E-state index in [2.05, 4.69) is 21.3 Å². The lowest BCUT2D eigenvalue weighted by molar-refractivity contribution is 0.0937. The van der Waals surface area contributed by atoms with E-state index >= 15 is 0 Å². The number of nitrogens with one attached hydrogen (secondary N) is 1. The smallest absolute Gasteiger partial charge is 0.251 e. The Morgan fingerprint density at radius 3 is 2.67 bits per heavy atom. The number of carbonyl (C=O) groups excluding carboxylic acids is 1. The first-order chi connectivity index (χ1) is 13.2. The molecule has 0 spiro atoms. The van der Waals surface area contributed by atoms with Crippen LogP contribution in [-0.2, 0) is 10.5 Å². The quantitative estimate of drug-likeness (QED) is 0.427. The number of carbonyl (C=O) groups is 1. The summed E-state index contributed by atoms with van der Waals surface area (Å²) < 4.78 is 4.94. The number of thioether (sulfide) groups is 1. The number of hydrogen-bond donors (Lipinski definition) is 1. The largest absolute Gasteiger partial charge is 0.383 e. The molecule has 1 N–H and O–H groups in total. The maximum atomic E-state index is 12.0. The minimum absolute atomic E-state index is 0.0801. The minimum atomic E-state index is -0.0801. The summed E-state index contributed by atoms with van der Waals surface area (Å²) in [7, 11) is 1.62. The van der Waals surface area contributed by atoms with Gasteiger partial charge in [-0.3, -0.25) is 4.79 Å². The van der Waals surface area contributed by atoms with Gasteiger partial charge in [-0.1, -0.05) is 23.9 Å². The van der Waals surface area contributed by atoms with Crippen molar-refractivity contribution < 1.29 is 9.53 Å². The molecule has 3 rings (SSSR count). The Labute approximate surface area is 164 Å². The van der Waals surface area contributed by atoms with E-state index in [9.17, 15) is 4.79 Å². The van der Waals surface area contributed by atoms with E-state index in [0.717, 1.165) is 41.1 Å². The predicted octanol–water partition coefficient (Wildman–Crippen LogP) is 3.05. The van der Waals surface area contributed by atoms with Gasteiger partial charge in [-0.2, -0.15) is 0 Å². The van der Waals surface area contributed by atoms with Crippen LogP contribution in [0, 0.1) is 6.92 Å². The molecule has 6 nitrogen and oxygen atoms in total. The van der Waals surface area contributed by atoms with Gasteiger partial charge in [-0.25, -0.2) is 9.97 Å². The van der Waals surface area contributed by atoms with E-state index in [-0.39, 0.29) is 5.91 Å². The molecule has 0 radical (unpaired) electrons. The summed E-state index contributed by atoms with van der Waals surface area (Å²) in [6.07, 6.45) is 2.47. The zero-order valence-electron chi connectivity index (χ0n) is 15.9. The summed E-state index contributed by atoms with van der Waals surface area (Å²) in [5.41, 5.74) is 2.79. The normalized spacial score (nSPS) is 13.8. The zero-order chi connectivity index (χ0) is 19.1. The van der Waals surface area contributed by atoms with Crippen LogP contribution in [0.2, 0.25) is 0 Å². The number of amides is 1. The molecule has 1 fully saturated rings. The van der Waals surface area contributed by atoms with E-state index in [0.29, 0.717) is 18.7 Å². The monoisotopic (exact) mass is 386 g/mol. The van der Waals surface area contributed by atoms with Gasteiger partial charge in [-0.05, 0) is 37.5 Å². The second kappa shape index (κ2) is 9.71. The first-order valence-corrected chi connectivity index (χ1v) is 10.2. The average molecular weight is 387 g/mol. The van der Waals surface area contributed by atoms with E-state index in [4.69, 9.17) is 9.72 Å². The molecule has 0 aliphatic carbocycles. The van der Waals surface area contributed by atoms with Crippen LogP contribution in [0.1, 0.15) is 34.5 Å². The van der Waals surface area contributed by atoms with Crippen LogP contribution in [0.5, 0.6) is 0 Å². The minimum Gasteiger partial charge on any atom is -0.383 e. The van der Waals surface area contributed by atoms with E-state index in [1.54, 1.807) is 18.9 Å². The summed E-state index contributed by atoms with van der Waals surface area (Å²) in [4.78, 5) is 23.6. The number of ether oxygens (including phenoxy) is 1. The van der Waals surface area contributed by atoms with Crippen molar-refractivity contribution in [3.63, 3.8) is 0 Å². The Morgan fingerprint density at radius 2 is 1.96 bits per heavy atom. The summed E-state index contributed by atoms with van der Waals surface area (Å²) in [6, 6.07) is 9.73. The number of methoxy groups -OCH3 is 1. The van der Waals surface area contributed by atoms with Crippen LogP contribution in [0.4, 0.5) is 5.82 Å². The SMILES string of the molecule is COCCNC(=O)c1ccc(CSc2nc(C)cc(N3CCCC3)n2)cc1. The molecule has 7 heteroatoms. The molecule has 0 saturated carbocycles. The molecule has 144 valence electrons. The number of nitrogens with zero attached hydrogens (tertiary/aromatic N) is 3. The van der Waals surface area contributed by atoms with Crippen molar-refractivity contribution in [1.29, 1.82) is 0 Å². The molecular formula is C20H26N4O2S. The van der Waals surface area contributed by atoms with Crippen molar-refractivity contribution in [2.24, 2.45) is 0 Å². The number of aromatic nitrogens is 2. The molecule has 2 aromatic rings. The van der Waals surface area contributed by atoms with Crippen LogP contribution < -0.4 is 10.2 Å². The summed E-state index contributed by atoms with van der Waals surface area (Å²) in [5, 5.41) is 3.63. The van der Waals surface area contributed by atoms with Gasteiger partial charge in [0.25, 0.3) is 5.91 Å². The topological polar surface area (TPSA) is 67.3 Å². The Balaban J connectivity index is 1.57. The molecule has 1 aliphatic rings. The van der Waals surface area contributed by atoms with Gasteiger partial charge in [0.2, 0.25) is 0 Å². The predicted molar refractivity (Wildman–Crippen MR) is 108 cm³/mol. The van der Waals surface area contributed by atoms with Gasteiger partial charge in [-0.15, -0.1) is 0 Å². The van der Waals surface area contributed by atoms with Crippen LogP contribution >= 0.6 is 11.8 Å². The van der Waals surface area contributed by atoms with Gasteiger partial charge in [0.15, 0.2) is 5.16 Å². The Hall–Kier alpha value is -2.12. The van der Waals surface area contributed by atoms with Gasteiger partial charge in [0, 0.05) is 49.8 Å². The van der Waals surface area contributed by atoms with Crippen LogP contribution in [0.25, 0.3) is 0 Å². The third-order valence-corrected chi connectivity index (χ3v) is 5.34. The highest BCUT2D eigenvalue weighted by molar-refractivity contribution is 7.98. The molecular weight excluding hydrogens is 360 g/mol. The van der Waals surface area contributed by atoms with Gasteiger partial charge < -0.3 is 15.0 Å². The summed E-state index contributed by atoms with van der Waals surface area (Å²) in [5.74, 6) is 1.73. The fourth-order valence-corrected chi connectivity index (χ4v) is 3.82. The van der Waals surface area contributed by atoms with Crippen molar-refractivity contribution >= 4 is 23.5 Å². The number of anilines is 1. The lowest BCUT2D eigenvalue weighted by Crippen LogP contribution is -2.26. The molecule has 1 aromatic heterocycles. The molecule has 1 aromatic carbocycles. The summed E-state index contributed by atoms with van der Waals surface area (Å²) in [6.45, 7) is 5.19. The molecule has 1 saturated heterocycles. The van der Waals surface area contributed by atoms with Crippen LogP contribution in [-0.4, -0.2) is 49.2 Å². The van der Waals surface area contributed by atoms with Crippen molar-refractivity contribution in [2.75, 3.05) is 38.3 Å². The van der Waals surface area contributed by atoms with Crippen molar-refractivity contribution in [3.8, 4) is 0 Å². The first-order valence-electron chi connectivity index (χ1n) is 9.25. The Kier molecular flexibility index (Phi) is 7.06. The molecule has 0 atom stereocenters. The fraction of sp³-hybridized carbons (Fsp3) is 0.450. The Morgan fingerprint density at radius 1 is 1.22 bits per heavy atom. The molecule has 0 unspecified atom stereocenters. The molecule has 2 heterocycles. The number of benzene rings is 1. The highest BCUT2D eigenvalue weighted by atomic mass is 32.2. The second-order valence-corrected chi connectivity index (χ2v) is 7.52. The maximum absolute atomic E-state index is 12.0. The number of hydrogen-bond acceptors (Lipinski definition) is 6. The number of rotatable bonds is 8. The highest BCUT2D eigenvalue weighted by Crippen LogP contribution is 2.24. The maximum Gasteiger partial charge on any atom is 0.251 e. The average Bonchev–Trinajstić information content (AvgIpc) is 3.21. The molecule has 1 aliphatic heterocycles. The van der Waals surface area contributed by atoms with Gasteiger partial charge in [0.1, 0.15) is 5.82 Å². The fourth-order valence-electron chi connectivity index (χ4n) is 2.97. The van der Waals surface area contributed by atoms with Crippen molar-refractivity contribution in [2.45, 2.75) is 30.7 Å². The molecule has 27 heavy (non-hydrogen) atoms. The number of aryl methyl sites for hydroxylation is 1. The van der Waals surface area contributed by atoms with E-state index < -0.39 is 0 Å². The van der Waals surface area contributed by atoms with Crippen LogP contribution in [0.15, 0.2) is 35.5 Å². The van der Waals surface area contributed by atoms with Gasteiger partial charge in [0.05, 0.1) is 6.61 Å². The molecule has 1 amide bonds. The van der Waals surface area contributed by atoms with Crippen LogP contribution in [0.3, 0.4) is 0 Å². The van der Waals surface area contributed by atoms with E-state index in [1.165, 1.54) is 12.8 Å². The lowest BCUT2D eigenvalue weighted by Gasteiger charge is -2.17. The van der Waals surface area contributed by atoms with E-state index in [1.807, 2.05) is 31.2 Å². The lowest BCUT2D eigenvalue weighted by atomic mass is 10.1. The van der Waals surface area contributed by atoms with Gasteiger partial charge >= 0.3 is 0 Å². The Bertz CT molecular complexity index is 761. The van der Waals surface area contributed by atoms with Crippen molar-refractivity contribution in [1.82, 2.24) is 15.3 Å². The second-order valence-electron chi connectivity index (χ2n) is 6.58. The summed E-state index contributed by atoms with van der Waals surface area (Å²) >= 11 is 1.63. The zero-order valence-corrected chi connectivity index (χ0v) is 16.7. The molecule has 0 bridgehead atoms. The third-order valence-electron chi connectivity index (χ3n) is 4.43. The third kappa shape index (κ3) is 5.68. The van der Waals surface area contributed by atoms with Crippen molar-refractivity contribution in [3.05, 3.63) is 47.2 Å². The standard InChI is InChI=1S/C20H26N4O2S/c1-15-13-18(24-10-3-4-11-24)23-20(22-15)27-14-16-5-7-17(8-6-16)19(25)21-9-12-26-2/h5-8,13H,3-4,9-12,14H2,1-2H3,(H,21,25). The first kappa shape index (κ1) is 19.6.